The highest BCUT2D eigenvalue weighted by Gasteiger charge is 2.36. The van der Waals surface area contributed by atoms with Gasteiger partial charge in [0.05, 0.1) is 4.92 Å². The van der Waals surface area contributed by atoms with Crippen LogP contribution in [0, 0.1) is 15.5 Å². The fourth-order valence-electron chi connectivity index (χ4n) is 3.25. The van der Waals surface area contributed by atoms with Crippen LogP contribution in [0.3, 0.4) is 0 Å². The first-order valence-electron chi connectivity index (χ1n) is 10.0. The Morgan fingerprint density at radius 2 is 1.71 bits per heavy atom. The predicted octanol–water partition coefficient (Wildman–Crippen LogP) is 4.97. The SMILES string of the molecule is CC1=C(/C=C/C(C)=C/C=C/C(C)=C/C=C(\C=C(/C)C=O)[N+](=O)[O-])C(C)(C)C[C@H](O)C1=O. The number of nitrogens with zero attached hydrogens (tertiary/aromatic N) is 1. The molecule has 0 unspecified atom stereocenters. The van der Waals surface area contributed by atoms with E-state index >= 15 is 0 Å². The standard InChI is InChI=1S/C25H31NO5/c1-17(10-12-21(26(30)31)14-19(3)16-27)8-7-9-18(2)11-13-22-20(4)24(29)23(28)15-25(22,5)6/h7-14,16,23,28H,15H2,1-6H3/b8-7+,13-11+,17-10+,18-9+,19-14+,21-12+/t23-/m0/s1. The lowest BCUT2D eigenvalue weighted by atomic mass is 9.71. The summed E-state index contributed by atoms with van der Waals surface area (Å²) in [5.74, 6) is -0.221. The van der Waals surface area contributed by atoms with E-state index in [9.17, 15) is 24.8 Å². The van der Waals surface area contributed by atoms with Crippen molar-refractivity contribution in [3.05, 3.63) is 92.3 Å². The summed E-state index contributed by atoms with van der Waals surface area (Å²) in [6.45, 7) is 11.0. The molecule has 0 spiro atoms. The van der Waals surface area contributed by atoms with Gasteiger partial charge in [0.2, 0.25) is 0 Å². The minimum Gasteiger partial charge on any atom is -0.385 e. The molecule has 0 aromatic heterocycles. The summed E-state index contributed by atoms with van der Waals surface area (Å²) < 4.78 is 0. The molecule has 0 aromatic rings. The summed E-state index contributed by atoms with van der Waals surface area (Å²) in [5.41, 5.74) is 3.10. The Morgan fingerprint density at radius 1 is 1.10 bits per heavy atom. The van der Waals surface area contributed by atoms with Crippen molar-refractivity contribution in [3.8, 4) is 0 Å². The van der Waals surface area contributed by atoms with Gasteiger partial charge in [0.25, 0.3) is 5.70 Å². The van der Waals surface area contributed by atoms with E-state index in [-0.39, 0.29) is 22.5 Å². The molecule has 0 saturated carbocycles. The fourth-order valence-corrected chi connectivity index (χ4v) is 3.25. The first kappa shape index (κ1) is 25.9. The van der Waals surface area contributed by atoms with Gasteiger partial charge in [-0.3, -0.25) is 19.7 Å². The van der Waals surface area contributed by atoms with Crippen LogP contribution < -0.4 is 0 Å². The lowest BCUT2D eigenvalue weighted by Crippen LogP contribution is -2.35. The third kappa shape index (κ3) is 7.90. The third-order valence-corrected chi connectivity index (χ3v) is 5.03. The Kier molecular flexibility index (Phi) is 9.46. The highest BCUT2D eigenvalue weighted by molar-refractivity contribution is 6.00. The molecular formula is C25H31NO5. The molecule has 0 bridgehead atoms. The molecule has 0 radical (unpaired) electrons. The van der Waals surface area contributed by atoms with Crippen LogP contribution in [0.2, 0.25) is 0 Å². The maximum atomic E-state index is 12.1. The highest BCUT2D eigenvalue weighted by Crippen LogP contribution is 2.39. The molecule has 0 saturated heterocycles. The maximum absolute atomic E-state index is 12.1. The minimum atomic E-state index is -0.941. The lowest BCUT2D eigenvalue weighted by molar-refractivity contribution is -0.419. The third-order valence-electron chi connectivity index (χ3n) is 5.03. The van der Waals surface area contributed by atoms with Crippen LogP contribution in [0.5, 0.6) is 0 Å². The molecule has 0 aromatic carbocycles. The maximum Gasteiger partial charge on any atom is 0.269 e. The largest absolute Gasteiger partial charge is 0.385 e. The number of aliphatic hydroxyl groups is 1. The van der Waals surface area contributed by atoms with E-state index in [4.69, 9.17) is 0 Å². The molecule has 1 aliphatic carbocycles. The smallest absolute Gasteiger partial charge is 0.269 e. The van der Waals surface area contributed by atoms with Crippen molar-refractivity contribution in [2.24, 2.45) is 5.41 Å². The molecule has 31 heavy (non-hydrogen) atoms. The minimum absolute atomic E-state index is 0.162. The van der Waals surface area contributed by atoms with Gasteiger partial charge in [0.15, 0.2) is 5.78 Å². The average Bonchev–Trinajstić information content (AvgIpc) is 2.68. The zero-order valence-corrected chi connectivity index (χ0v) is 19.0. The van der Waals surface area contributed by atoms with Gasteiger partial charge in [0, 0.05) is 12.2 Å². The quantitative estimate of drug-likeness (QED) is 0.195. The molecule has 0 heterocycles. The highest BCUT2D eigenvalue weighted by atomic mass is 16.6. The van der Waals surface area contributed by atoms with Crippen molar-refractivity contribution < 1.29 is 19.6 Å². The van der Waals surface area contributed by atoms with E-state index in [1.165, 1.54) is 19.1 Å². The second-order valence-corrected chi connectivity index (χ2v) is 8.38. The Balaban J connectivity index is 2.97. The summed E-state index contributed by atoms with van der Waals surface area (Å²) >= 11 is 0. The predicted molar refractivity (Wildman–Crippen MR) is 123 cm³/mol. The normalized spacial score (nSPS) is 21.4. The van der Waals surface area contributed by atoms with Gasteiger partial charge in [-0.05, 0) is 56.3 Å². The Labute approximate surface area is 183 Å². The number of Topliss-reactive ketones (excluding diaryl/α,β-unsaturated/α-hetero) is 1. The number of ketones is 1. The number of rotatable bonds is 8. The van der Waals surface area contributed by atoms with Crippen molar-refractivity contribution >= 4 is 12.1 Å². The summed E-state index contributed by atoms with van der Waals surface area (Å²) in [5, 5.41) is 21.0. The molecule has 166 valence electrons. The number of aliphatic hydroxyl groups excluding tert-OH is 1. The van der Waals surface area contributed by atoms with E-state index in [0.29, 0.717) is 18.3 Å². The van der Waals surface area contributed by atoms with E-state index in [2.05, 4.69) is 0 Å². The van der Waals surface area contributed by atoms with Crippen molar-refractivity contribution in [1.82, 2.24) is 0 Å². The van der Waals surface area contributed by atoms with Crippen LogP contribution in [-0.2, 0) is 9.59 Å². The van der Waals surface area contributed by atoms with Crippen molar-refractivity contribution in [2.45, 2.75) is 54.1 Å². The molecule has 6 nitrogen and oxygen atoms in total. The Hall–Kier alpha value is -3.12. The second-order valence-electron chi connectivity index (χ2n) is 8.38. The lowest BCUT2D eigenvalue weighted by Gasteiger charge is -2.34. The number of aldehydes is 1. The van der Waals surface area contributed by atoms with Gasteiger partial charge < -0.3 is 5.11 Å². The van der Waals surface area contributed by atoms with Gasteiger partial charge in [-0.15, -0.1) is 0 Å². The number of allylic oxidation sites excluding steroid dienone is 12. The first-order chi connectivity index (χ1) is 14.4. The van der Waals surface area contributed by atoms with E-state index in [1.54, 1.807) is 13.0 Å². The zero-order valence-electron chi connectivity index (χ0n) is 19.0. The molecule has 6 heteroatoms. The molecule has 1 aliphatic rings. The number of hydrogen-bond donors (Lipinski definition) is 1. The van der Waals surface area contributed by atoms with Crippen LogP contribution in [0.25, 0.3) is 0 Å². The topological polar surface area (TPSA) is 97.5 Å². The average molecular weight is 426 g/mol. The number of hydrogen-bond acceptors (Lipinski definition) is 5. The van der Waals surface area contributed by atoms with E-state index in [1.807, 2.05) is 58.1 Å². The van der Waals surface area contributed by atoms with E-state index < -0.39 is 11.0 Å². The first-order valence-corrected chi connectivity index (χ1v) is 10.0. The van der Waals surface area contributed by atoms with Crippen LogP contribution in [0.4, 0.5) is 0 Å². The Morgan fingerprint density at radius 3 is 2.29 bits per heavy atom. The molecule has 0 fully saturated rings. The summed E-state index contributed by atoms with van der Waals surface area (Å²) in [6, 6.07) is 0. The summed E-state index contributed by atoms with van der Waals surface area (Å²) in [7, 11) is 0. The van der Waals surface area contributed by atoms with Crippen molar-refractivity contribution in [3.63, 3.8) is 0 Å². The second kappa shape index (κ2) is 11.3. The van der Waals surface area contributed by atoms with Gasteiger partial charge in [-0.25, -0.2) is 0 Å². The number of carbonyl (C=O) groups excluding carboxylic acids is 2. The van der Waals surface area contributed by atoms with Crippen LogP contribution >= 0.6 is 0 Å². The molecule has 1 N–H and O–H groups in total. The summed E-state index contributed by atoms with van der Waals surface area (Å²) in [6.07, 6.45) is 13.6. The molecule has 1 atom stereocenters. The van der Waals surface area contributed by atoms with Crippen LogP contribution in [0.15, 0.2) is 82.2 Å². The summed E-state index contributed by atoms with van der Waals surface area (Å²) in [4.78, 5) is 33.3. The van der Waals surface area contributed by atoms with Gasteiger partial charge in [-0.2, -0.15) is 0 Å². The molecule has 1 rings (SSSR count). The van der Waals surface area contributed by atoms with Gasteiger partial charge in [-0.1, -0.05) is 61.4 Å². The van der Waals surface area contributed by atoms with Crippen molar-refractivity contribution in [1.29, 1.82) is 0 Å². The monoisotopic (exact) mass is 425 g/mol. The molecule has 0 aliphatic heterocycles. The van der Waals surface area contributed by atoms with E-state index in [0.717, 1.165) is 16.7 Å². The molecule has 0 amide bonds. The molecular weight excluding hydrogens is 394 g/mol. The van der Waals surface area contributed by atoms with Crippen molar-refractivity contribution in [2.75, 3.05) is 0 Å². The van der Waals surface area contributed by atoms with Crippen LogP contribution in [0.1, 0.15) is 48.0 Å². The zero-order chi connectivity index (χ0) is 23.8. The van der Waals surface area contributed by atoms with Crippen LogP contribution in [-0.4, -0.2) is 28.2 Å². The fraction of sp³-hybridized carbons (Fsp3) is 0.360. The number of carbonyl (C=O) groups is 2. The Bertz CT molecular complexity index is 952. The van der Waals surface area contributed by atoms with Gasteiger partial charge >= 0.3 is 0 Å². The van der Waals surface area contributed by atoms with Gasteiger partial charge in [0.1, 0.15) is 12.4 Å². The number of nitro groups is 1.